The first-order chi connectivity index (χ1) is 11.7. The van der Waals surface area contributed by atoms with Crippen molar-refractivity contribution in [3.63, 3.8) is 0 Å². The van der Waals surface area contributed by atoms with Crippen LogP contribution in [0.1, 0.15) is 18.2 Å². The number of aromatic nitrogens is 1. The number of furan rings is 1. The molecular weight excluding hydrogens is 318 g/mol. The van der Waals surface area contributed by atoms with E-state index in [2.05, 4.69) is 48.1 Å². The van der Waals surface area contributed by atoms with E-state index in [1.165, 1.54) is 5.56 Å². The second-order valence-electron chi connectivity index (χ2n) is 5.37. The summed E-state index contributed by atoms with van der Waals surface area (Å²) in [6, 6.07) is 12.2. The highest BCUT2D eigenvalue weighted by atomic mass is 32.1. The quantitative estimate of drug-likeness (QED) is 0.500. The Kier molecular flexibility index (Phi) is 4.91. The average molecular weight is 337 g/mol. The molecule has 5 heteroatoms. The summed E-state index contributed by atoms with van der Waals surface area (Å²) < 4.78 is 7.31. The SMILES string of the molecule is C=CCN=c1scc(-c2ccc(C)cc2)n1N=C(C)c1ccco1. The van der Waals surface area contributed by atoms with Gasteiger partial charge < -0.3 is 4.42 Å². The largest absolute Gasteiger partial charge is 0.463 e. The van der Waals surface area contributed by atoms with Crippen molar-refractivity contribution in [1.82, 2.24) is 4.68 Å². The van der Waals surface area contributed by atoms with Crippen LogP contribution in [0.25, 0.3) is 11.3 Å². The third-order valence-electron chi connectivity index (χ3n) is 3.52. The fraction of sp³-hybridized carbons (Fsp3) is 0.158. The number of thiazole rings is 1. The van der Waals surface area contributed by atoms with Crippen molar-refractivity contribution < 1.29 is 4.42 Å². The van der Waals surface area contributed by atoms with Crippen LogP contribution in [-0.4, -0.2) is 16.9 Å². The molecule has 0 fully saturated rings. The summed E-state index contributed by atoms with van der Waals surface area (Å²) in [5.74, 6) is 0.748. The lowest BCUT2D eigenvalue weighted by Crippen LogP contribution is -2.14. The first-order valence-corrected chi connectivity index (χ1v) is 8.55. The van der Waals surface area contributed by atoms with Crippen LogP contribution in [0.5, 0.6) is 0 Å². The van der Waals surface area contributed by atoms with Crippen molar-refractivity contribution in [1.29, 1.82) is 0 Å². The van der Waals surface area contributed by atoms with Gasteiger partial charge in [-0.1, -0.05) is 35.9 Å². The third-order valence-corrected chi connectivity index (χ3v) is 4.37. The average Bonchev–Trinajstić information content (AvgIpc) is 3.24. The fourth-order valence-electron chi connectivity index (χ4n) is 2.25. The van der Waals surface area contributed by atoms with Crippen LogP contribution in [0.3, 0.4) is 0 Å². The van der Waals surface area contributed by atoms with Crippen LogP contribution >= 0.6 is 11.3 Å². The molecule has 0 saturated heterocycles. The van der Waals surface area contributed by atoms with Gasteiger partial charge in [-0.05, 0) is 26.0 Å². The van der Waals surface area contributed by atoms with Crippen LogP contribution < -0.4 is 4.80 Å². The summed E-state index contributed by atoms with van der Waals surface area (Å²) in [5, 5.41) is 6.81. The Balaban J connectivity index is 2.13. The van der Waals surface area contributed by atoms with Gasteiger partial charge in [0.15, 0.2) is 0 Å². The van der Waals surface area contributed by atoms with E-state index >= 15 is 0 Å². The van der Waals surface area contributed by atoms with Gasteiger partial charge in [0.1, 0.15) is 11.5 Å². The van der Waals surface area contributed by atoms with Gasteiger partial charge in [-0.2, -0.15) is 5.10 Å². The molecule has 0 aliphatic rings. The lowest BCUT2D eigenvalue weighted by molar-refractivity contribution is 0.556. The second-order valence-corrected chi connectivity index (χ2v) is 6.21. The minimum Gasteiger partial charge on any atom is -0.463 e. The Morgan fingerprint density at radius 2 is 2.08 bits per heavy atom. The van der Waals surface area contributed by atoms with Crippen LogP contribution in [-0.2, 0) is 0 Å². The molecule has 2 aromatic heterocycles. The summed E-state index contributed by atoms with van der Waals surface area (Å²) in [6.07, 6.45) is 3.43. The molecule has 24 heavy (non-hydrogen) atoms. The number of hydrogen-bond acceptors (Lipinski definition) is 4. The van der Waals surface area contributed by atoms with Crippen molar-refractivity contribution in [2.75, 3.05) is 6.54 Å². The van der Waals surface area contributed by atoms with E-state index in [0.717, 1.165) is 27.5 Å². The topological polar surface area (TPSA) is 42.8 Å². The Labute approximate surface area is 145 Å². The number of benzene rings is 1. The predicted molar refractivity (Wildman–Crippen MR) is 99.4 cm³/mol. The lowest BCUT2D eigenvalue weighted by Gasteiger charge is -2.05. The molecule has 3 rings (SSSR count). The standard InChI is InChI=1S/C19H19N3OS/c1-4-11-20-19-22(21-15(3)18-6-5-12-23-18)17(13-24-19)16-9-7-14(2)8-10-16/h4-10,12-13H,1,11H2,2-3H3. The molecule has 0 aliphatic heterocycles. The minimum atomic E-state index is 0.559. The van der Waals surface area contributed by atoms with Gasteiger partial charge in [0, 0.05) is 10.9 Å². The Hall–Kier alpha value is -2.66. The maximum Gasteiger partial charge on any atom is 0.206 e. The van der Waals surface area contributed by atoms with Gasteiger partial charge >= 0.3 is 0 Å². The van der Waals surface area contributed by atoms with Crippen molar-refractivity contribution in [2.24, 2.45) is 10.1 Å². The zero-order valence-electron chi connectivity index (χ0n) is 13.8. The van der Waals surface area contributed by atoms with Crippen LogP contribution in [0.2, 0.25) is 0 Å². The maximum absolute atomic E-state index is 5.44. The summed E-state index contributed by atoms with van der Waals surface area (Å²) in [6.45, 7) is 8.30. The molecule has 0 radical (unpaired) electrons. The predicted octanol–water partition coefficient (Wildman–Crippen LogP) is 4.48. The number of aryl methyl sites for hydroxylation is 1. The minimum absolute atomic E-state index is 0.559. The molecule has 0 N–H and O–H groups in total. The Morgan fingerprint density at radius 1 is 1.29 bits per heavy atom. The van der Waals surface area contributed by atoms with E-state index in [4.69, 9.17) is 9.52 Å². The van der Waals surface area contributed by atoms with Gasteiger partial charge in [0.25, 0.3) is 0 Å². The molecule has 1 aromatic carbocycles. The number of hydrogen-bond donors (Lipinski definition) is 0. The van der Waals surface area contributed by atoms with Gasteiger partial charge in [-0.3, -0.25) is 4.99 Å². The molecule has 3 aromatic rings. The summed E-state index contributed by atoms with van der Waals surface area (Å²) in [7, 11) is 0. The van der Waals surface area contributed by atoms with Crippen molar-refractivity contribution in [3.05, 3.63) is 76.8 Å². The molecule has 0 unspecified atom stereocenters. The molecule has 0 spiro atoms. The van der Waals surface area contributed by atoms with E-state index in [9.17, 15) is 0 Å². The van der Waals surface area contributed by atoms with Crippen molar-refractivity contribution in [3.8, 4) is 11.3 Å². The van der Waals surface area contributed by atoms with Crippen molar-refractivity contribution in [2.45, 2.75) is 13.8 Å². The third kappa shape index (κ3) is 3.46. The highest BCUT2D eigenvalue weighted by Crippen LogP contribution is 2.21. The highest BCUT2D eigenvalue weighted by molar-refractivity contribution is 7.07. The summed E-state index contributed by atoms with van der Waals surface area (Å²) in [4.78, 5) is 5.38. The monoisotopic (exact) mass is 337 g/mol. The van der Waals surface area contributed by atoms with Crippen LogP contribution in [0.4, 0.5) is 0 Å². The van der Waals surface area contributed by atoms with E-state index in [-0.39, 0.29) is 0 Å². The normalized spacial score (nSPS) is 12.6. The smallest absolute Gasteiger partial charge is 0.206 e. The zero-order valence-corrected chi connectivity index (χ0v) is 14.6. The molecule has 0 atom stereocenters. The molecule has 0 amide bonds. The molecule has 2 heterocycles. The first-order valence-electron chi connectivity index (χ1n) is 7.67. The fourth-order valence-corrected chi connectivity index (χ4v) is 3.09. The van der Waals surface area contributed by atoms with Gasteiger partial charge in [0.2, 0.25) is 4.80 Å². The Morgan fingerprint density at radius 3 is 2.75 bits per heavy atom. The molecule has 0 bridgehead atoms. The van der Waals surface area contributed by atoms with E-state index < -0.39 is 0 Å². The van der Waals surface area contributed by atoms with E-state index in [1.54, 1.807) is 23.7 Å². The van der Waals surface area contributed by atoms with Gasteiger partial charge in [-0.25, -0.2) is 4.68 Å². The number of nitrogens with zero attached hydrogens (tertiary/aromatic N) is 3. The van der Waals surface area contributed by atoms with E-state index in [1.807, 2.05) is 23.7 Å². The van der Waals surface area contributed by atoms with Gasteiger partial charge in [-0.15, -0.1) is 17.9 Å². The zero-order chi connectivity index (χ0) is 16.9. The Bertz CT molecular complexity index is 912. The molecule has 4 nitrogen and oxygen atoms in total. The summed E-state index contributed by atoms with van der Waals surface area (Å²) in [5.41, 5.74) is 4.14. The maximum atomic E-state index is 5.44. The first kappa shape index (κ1) is 16.2. The molecule has 0 saturated carbocycles. The molecule has 122 valence electrons. The van der Waals surface area contributed by atoms with E-state index in [0.29, 0.717) is 6.54 Å². The second kappa shape index (κ2) is 7.27. The molecular formula is C19H19N3OS. The van der Waals surface area contributed by atoms with Crippen LogP contribution in [0, 0.1) is 6.92 Å². The summed E-state index contributed by atoms with van der Waals surface area (Å²) >= 11 is 1.57. The van der Waals surface area contributed by atoms with Gasteiger partial charge in [0.05, 0.1) is 18.5 Å². The number of rotatable bonds is 5. The lowest BCUT2D eigenvalue weighted by atomic mass is 10.1. The van der Waals surface area contributed by atoms with Crippen LogP contribution in [0.15, 0.2) is 75.2 Å². The molecule has 0 aliphatic carbocycles. The highest BCUT2D eigenvalue weighted by Gasteiger charge is 2.09. The van der Waals surface area contributed by atoms with Crippen molar-refractivity contribution >= 4 is 17.0 Å².